The van der Waals surface area contributed by atoms with Crippen LogP contribution < -0.4 is 0 Å². The van der Waals surface area contributed by atoms with E-state index in [1.54, 1.807) is 18.1 Å². The third-order valence-corrected chi connectivity index (χ3v) is 15.0. The van der Waals surface area contributed by atoms with Crippen LogP contribution in [0.15, 0.2) is 0 Å². The molecule has 1 rings (SSSR count). The molecule has 1 aliphatic rings. The van der Waals surface area contributed by atoms with Crippen molar-refractivity contribution in [3.63, 3.8) is 0 Å². The lowest BCUT2D eigenvalue weighted by Gasteiger charge is -2.36. The van der Waals surface area contributed by atoms with Crippen molar-refractivity contribution in [1.82, 2.24) is 0 Å². The number of hydrogen-bond acceptors (Lipinski definition) is 0. The average molecular weight is 234 g/mol. The van der Waals surface area contributed by atoms with Crippen LogP contribution in [0.2, 0.25) is 29.8 Å². The van der Waals surface area contributed by atoms with Crippen molar-refractivity contribution in [2.45, 2.75) is 63.0 Å². The predicted octanol–water partition coefficient (Wildman–Crippen LogP) is 4.43. The highest BCUT2D eigenvalue weighted by Gasteiger charge is 2.36. The van der Waals surface area contributed by atoms with Crippen LogP contribution in [0.5, 0.6) is 0 Å². The molecule has 1 saturated heterocycles. The van der Waals surface area contributed by atoms with Crippen molar-refractivity contribution in [2.75, 3.05) is 0 Å². The standard InChI is InChI=1S/C10H22ClSi2/c1-3-7-13(8-4-2)9-5-6-12(11)10-13/h3-10H2,1-2H3. The fourth-order valence-corrected chi connectivity index (χ4v) is 16.6. The second-order valence-corrected chi connectivity index (χ2v) is 13.6. The predicted molar refractivity (Wildman–Crippen MR) is 66.6 cm³/mol. The van der Waals surface area contributed by atoms with Crippen molar-refractivity contribution in [3.05, 3.63) is 0 Å². The van der Waals surface area contributed by atoms with Crippen LogP contribution in [0.3, 0.4) is 0 Å². The summed E-state index contributed by atoms with van der Waals surface area (Å²) in [4.78, 5) is 0. The van der Waals surface area contributed by atoms with Gasteiger partial charge >= 0.3 is 0 Å². The Morgan fingerprint density at radius 2 is 1.85 bits per heavy atom. The van der Waals surface area contributed by atoms with Gasteiger partial charge in [0.05, 0.1) is 8.07 Å². The van der Waals surface area contributed by atoms with Crippen molar-refractivity contribution < 1.29 is 0 Å². The zero-order valence-corrected chi connectivity index (χ0v) is 11.8. The monoisotopic (exact) mass is 233 g/mol. The van der Waals surface area contributed by atoms with Gasteiger partial charge in [-0.2, -0.15) is 11.1 Å². The Balaban J connectivity index is 2.53. The Morgan fingerprint density at radius 1 is 1.23 bits per heavy atom. The van der Waals surface area contributed by atoms with Gasteiger partial charge in [0.25, 0.3) is 0 Å². The molecule has 0 N–H and O–H groups in total. The van der Waals surface area contributed by atoms with Crippen LogP contribution in [0, 0.1) is 0 Å². The molecular weight excluding hydrogens is 212 g/mol. The molecule has 0 aliphatic carbocycles. The summed E-state index contributed by atoms with van der Waals surface area (Å²) < 4.78 is 0. The smallest absolute Gasteiger partial charge is 0.162 e. The first-order chi connectivity index (χ1) is 6.22. The minimum absolute atomic E-state index is 0.409. The van der Waals surface area contributed by atoms with E-state index in [0.29, 0.717) is 0 Å². The summed E-state index contributed by atoms with van der Waals surface area (Å²) in [6, 6.07) is 6.09. The SMILES string of the molecule is CCC[Si]1(CCC)CCC[Si](Cl)C1. The summed E-state index contributed by atoms with van der Waals surface area (Å²) >= 11 is 6.41. The van der Waals surface area contributed by atoms with Gasteiger partial charge in [0.15, 0.2) is 8.11 Å². The van der Waals surface area contributed by atoms with E-state index in [1.807, 2.05) is 0 Å². The van der Waals surface area contributed by atoms with Gasteiger partial charge in [-0.15, -0.1) is 0 Å². The van der Waals surface area contributed by atoms with Gasteiger partial charge in [0, 0.05) is 0 Å². The van der Waals surface area contributed by atoms with Crippen molar-refractivity contribution in [1.29, 1.82) is 0 Å². The first-order valence-corrected chi connectivity index (χ1v) is 11.5. The normalized spacial score (nSPS) is 23.3. The lowest BCUT2D eigenvalue weighted by Crippen LogP contribution is -2.40. The van der Waals surface area contributed by atoms with Crippen molar-refractivity contribution in [2.24, 2.45) is 0 Å². The molecule has 0 bridgehead atoms. The molecule has 1 aliphatic heterocycles. The Hall–Kier alpha value is 0.724. The molecule has 0 unspecified atom stereocenters. The summed E-state index contributed by atoms with van der Waals surface area (Å²) in [6.07, 6.45) is 4.26. The van der Waals surface area contributed by atoms with Gasteiger partial charge in [-0.05, 0) is 11.7 Å². The van der Waals surface area contributed by atoms with Gasteiger partial charge in [-0.1, -0.05) is 51.2 Å². The summed E-state index contributed by atoms with van der Waals surface area (Å²) in [5.41, 5.74) is 1.51. The van der Waals surface area contributed by atoms with Gasteiger partial charge in [-0.3, -0.25) is 0 Å². The van der Waals surface area contributed by atoms with Crippen LogP contribution in [-0.2, 0) is 0 Å². The quantitative estimate of drug-likeness (QED) is 0.498. The zero-order chi connectivity index (χ0) is 9.73. The maximum Gasteiger partial charge on any atom is 0.162 e. The molecule has 0 aromatic heterocycles. The third-order valence-electron chi connectivity index (χ3n) is 3.28. The Kier molecular flexibility index (Phi) is 5.05. The van der Waals surface area contributed by atoms with E-state index in [9.17, 15) is 0 Å². The van der Waals surface area contributed by atoms with Crippen LogP contribution in [-0.4, -0.2) is 16.2 Å². The Morgan fingerprint density at radius 3 is 2.31 bits per heavy atom. The van der Waals surface area contributed by atoms with E-state index in [1.165, 1.54) is 31.0 Å². The maximum absolute atomic E-state index is 6.41. The number of rotatable bonds is 4. The third kappa shape index (κ3) is 3.41. The van der Waals surface area contributed by atoms with E-state index in [4.69, 9.17) is 11.1 Å². The molecule has 1 radical (unpaired) electrons. The first kappa shape index (κ1) is 11.8. The molecule has 13 heavy (non-hydrogen) atoms. The molecule has 0 saturated carbocycles. The van der Waals surface area contributed by atoms with Gasteiger partial charge in [0.2, 0.25) is 0 Å². The van der Waals surface area contributed by atoms with Crippen LogP contribution in [0.25, 0.3) is 0 Å². The topological polar surface area (TPSA) is 0 Å². The molecule has 77 valence electrons. The average Bonchev–Trinajstić information content (AvgIpc) is 2.04. The van der Waals surface area contributed by atoms with Crippen LogP contribution in [0.4, 0.5) is 0 Å². The molecule has 0 aromatic rings. The van der Waals surface area contributed by atoms with Crippen LogP contribution >= 0.6 is 11.1 Å². The molecule has 0 atom stereocenters. The summed E-state index contributed by atoms with van der Waals surface area (Å²) in [5.74, 6) is 0. The minimum atomic E-state index is -0.832. The van der Waals surface area contributed by atoms with E-state index in [-0.39, 0.29) is 0 Å². The summed E-state index contributed by atoms with van der Waals surface area (Å²) in [6.45, 7) is 4.69. The van der Waals surface area contributed by atoms with Crippen molar-refractivity contribution >= 4 is 27.3 Å². The highest BCUT2D eigenvalue weighted by molar-refractivity contribution is 7.13. The molecule has 0 spiro atoms. The second kappa shape index (κ2) is 5.57. The fraction of sp³-hybridized carbons (Fsp3) is 1.00. The maximum atomic E-state index is 6.41. The molecule has 0 aromatic carbocycles. The largest absolute Gasteiger partial charge is 0.169 e. The zero-order valence-electron chi connectivity index (χ0n) is 9.03. The fourth-order valence-electron chi connectivity index (χ4n) is 2.85. The Labute approximate surface area is 90.4 Å². The molecule has 0 nitrogen and oxygen atoms in total. The van der Waals surface area contributed by atoms with Gasteiger partial charge in [0.1, 0.15) is 0 Å². The van der Waals surface area contributed by atoms with E-state index >= 15 is 0 Å². The van der Waals surface area contributed by atoms with E-state index < -0.39 is 16.2 Å². The van der Waals surface area contributed by atoms with Crippen molar-refractivity contribution in [3.8, 4) is 0 Å². The molecule has 1 heterocycles. The highest BCUT2D eigenvalue weighted by atomic mass is 35.6. The molecule has 0 amide bonds. The van der Waals surface area contributed by atoms with E-state index in [0.717, 1.165) is 0 Å². The second-order valence-electron chi connectivity index (χ2n) is 4.55. The highest BCUT2D eigenvalue weighted by Crippen LogP contribution is 2.37. The van der Waals surface area contributed by atoms with Gasteiger partial charge < -0.3 is 0 Å². The first-order valence-electron chi connectivity index (χ1n) is 5.72. The summed E-state index contributed by atoms with van der Waals surface area (Å²) in [5, 5.41) is 0. The lowest BCUT2D eigenvalue weighted by molar-refractivity contribution is 0.902. The molecule has 3 heteroatoms. The number of halogens is 1. The number of hydrogen-bond donors (Lipinski definition) is 0. The molecular formula is C10H22ClSi2. The van der Waals surface area contributed by atoms with Gasteiger partial charge in [-0.25, -0.2) is 0 Å². The van der Waals surface area contributed by atoms with Crippen LogP contribution in [0.1, 0.15) is 33.1 Å². The lowest BCUT2D eigenvalue weighted by atomic mass is 10.5. The summed E-state index contributed by atoms with van der Waals surface area (Å²) in [7, 11) is -1.24. The van der Waals surface area contributed by atoms with E-state index in [2.05, 4.69) is 13.8 Å². The minimum Gasteiger partial charge on any atom is -0.169 e. The molecule has 1 fully saturated rings. The Bertz CT molecular complexity index is 138.